The molecule has 18 heavy (non-hydrogen) atoms. The second-order valence-electron chi connectivity index (χ2n) is 4.58. The Kier molecular flexibility index (Phi) is 3.90. The van der Waals surface area contributed by atoms with Crippen molar-refractivity contribution in [3.63, 3.8) is 0 Å². The number of hydrogen-bond acceptors (Lipinski definition) is 4. The van der Waals surface area contributed by atoms with E-state index in [0.29, 0.717) is 6.10 Å². The Labute approximate surface area is 111 Å². The smallest absolute Gasteiger partial charge is 0.0824 e. The third-order valence-corrected chi connectivity index (χ3v) is 4.27. The van der Waals surface area contributed by atoms with Crippen molar-refractivity contribution in [2.45, 2.75) is 12.6 Å². The van der Waals surface area contributed by atoms with E-state index in [-0.39, 0.29) is 0 Å². The van der Waals surface area contributed by atoms with Crippen molar-refractivity contribution in [2.75, 3.05) is 26.2 Å². The molecule has 0 amide bonds. The van der Waals surface area contributed by atoms with Gasteiger partial charge in [-0.15, -0.1) is 11.3 Å². The molecule has 0 radical (unpaired) electrons. The molecule has 1 aliphatic heterocycles. The minimum absolute atomic E-state index is 0.309. The molecule has 1 aromatic carbocycles. The van der Waals surface area contributed by atoms with Gasteiger partial charge < -0.3 is 15.4 Å². The maximum atomic E-state index is 5.66. The van der Waals surface area contributed by atoms with Crippen LogP contribution in [0.25, 0.3) is 10.1 Å². The van der Waals surface area contributed by atoms with Crippen molar-refractivity contribution in [2.24, 2.45) is 0 Å². The van der Waals surface area contributed by atoms with Crippen molar-refractivity contribution < 1.29 is 4.74 Å². The van der Waals surface area contributed by atoms with Gasteiger partial charge in [0, 0.05) is 30.9 Å². The first kappa shape index (κ1) is 12.1. The Bertz CT molecular complexity index is 505. The maximum absolute atomic E-state index is 5.66. The van der Waals surface area contributed by atoms with Gasteiger partial charge in [-0.25, -0.2) is 0 Å². The SMILES string of the molecule is c1ccc2c(CNCC3CNCCO3)csc2c1. The summed E-state index contributed by atoms with van der Waals surface area (Å²) in [6, 6.07) is 8.57. The van der Waals surface area contributed by atoms with Crippen molar-refractivity contribution in [1.29, 1.82) is 0 Å². The van der Waals surface area contributed by atoms with Crippen LogP contribution in [0, 0.1) is 0 Å². The summed E-state index contributed by atoms with van der Waals surface area (Å²) >= 11 is 1.82. The number of hydrogen-bond donors (Lipinski definition) is 2. The van der Waals surface area contributed by atoms with Crippen molar-refractivity contribution in [3.8, 4) is 0 Å². The fourth-order valence-electron chi connectivity index (χ4n) is 2.29. The number of benzene rings is 1. The second-order valence-corrected chi connectivity index (χ2v) is 5.50. The van der Waals surface area contributed by atoms with Crippen LogP contribution in [-0.2, 0) is 11.3 Å². The van der Waals surface area contributed by atoms with E-state index in [9.17, 15) is 0 Å². The fourth-order valence-corrected chi connectivity index (χ4v) is 3.25. The monoisotopic (exact) mass is 262 g/mol. The summed E-state index contributed by atoms with van der Waals surface area (Å²) in [4.78, 5) is 0. The van der Waals surface area contributed by atoms with Crippen LogP contribution in [0.15, 0.2) is 29.6 Å². The molecule has 1 atom stereocenters. The summed E-state index contributed by atoms with van der Waals surface area (Å²) in [5.74, 6) is 0. The Balaban J connectivity index is 1.56. The van der Waals surface area contributed by atoms with Gasteiger partial charge in [0.25, 0.3) is 0 Å². The first-order valence-corrected chi connectivity index (χ1v) is 7.29. The molecule has 2 N–H and O–H groups in total. The van der Waals surface area contributed by atoms with Gasteiger partial charge in [0.1, 0.15) is 0 Å². The highest BCUT2D eigenvalue weighted by molar-refractivity contribution is 7.17. The van der Waals surface area contributed by atoms with Crippen molar-refractivity contribution in [3.05, 3.63) is 35.2 Å². The Hall–Kier alpha value is -0.940. The second kappa shape index (κ2) is 5.80. The summed E-state index contributed by atoms with van der Waals surface area (Å²) < 4.78 is 7.03. The van der Waals surface area contributed by atoms with Gasteiger partial charge >= 0.3 is 0 Å². The number of rotatable bonds is 4. The Morgan fingerprint density at radius 1 is 1.39 bits per heavy atom. The zero-order chi connectivity index (χ0) is 12.2. The zero-order valence-electron chi connectivity index (χ0n) is 10.3. The van der Waals surface area contributed by atoms with Crippen LogP contribution in [0.3, 0.4) is 0 Å². The number of ether oxygens (including phenoxy) is 1. The molecule has 3 nitrogen and oxygen atoms in total. The predicted octanol–water partition coefficient (Wildman–Crippen LogP) is 1.98. The van der Waals surface area contributed by atoms with Crippen LogP contribution in [0.5, 0.6) is 0 Å². The summed E-state index contributed by atoms with van der Waals surface area (Å²) in [5, 5.41) is 10.5. The molecule has 1 saturated heterocycles. The van der Waals surface area contributed by atoms with Gasteiger partial charge in [-0.2, -0.15) is 0 Å². The topological polar surface area (TPSA) is 33.3 Å². The van der Waals surface area contributed by atoms with Gasteiger partial charge in [-0.1, -0.05) is 18.2 Å². The number of fused-ring (bicyclic) bond motifs is 1. The maximum Gasteiger partial charge on any atom is 0.0824 e. The van der Waals surface area contributed by atoms with Gasteiger partial charge in [0.2, 0.25) is 0 Å². The number of nitrogens with one attached hydrogen (secondary N) is 2. The van der Waals surface area contributed by atoms with Crippen LogP contribution in [0.2, 0.25) is 0 Å². The summed E-state index contributed by atoms with van der Waals surface area (Å²) in [5.41, 5.74) is 1.39. The standard InChI is InChI=1S/C14H18N2OS/c1-2-4-14-13(3-1)11(10-18-14)7-16-9-12-8-15-5-6-17-12/h1-4,10,12,15-16H,5-9H2. The number of morpholine rings is 1. The lowest BCUT2D eigenvalue weighted by Gasteiger charge is -2.23. The van der Waals surface area contributed by atoms with Crippen LogP contribution in [0.4, 0.5) is 0 Å². The summed E-state index contributed by atoms with van der Waals surface area (Å²) in [6.07, 6.45) is 0.309. The summed E-state index contributed by atoms with van der Waals surface area (Å²) in [7, 11) is 0. The lowest BCUT2D eigenvalue weighted by atomic mass is 10.2. The van der Waals surface area contributed by atoms with Gasteiger partial charge in [0.05, 0.1) is 12.7 Å². The van der Waals surface area contributed by atoms with Crippen LogP contribution in [-0.4, -0.2) is 32.3 Å². The molecule has 1 aromatic heterocycles. The number of thiophene rings is 1. The minimum Gasteiger partial charge on any atom is -0.374 e. The zero-order valence-corrected chi connectivity index (χ0v) is 11.1. The largest absolute Gasteiger partial charge is 0.374 e. The molecule has 0 saturated carbocycles. The highest BCUT2D eigenvalue weighted by Crippen LogP contribution is 2.25. The van der Waals surface area contributed by atoms with E-state index >= 15 is 0 Å². The van der Waals surface area contributed by atoms with E-state index in [0.717, 1.165) is 32.8 Å². The molecule has 0 aliphatic carbocycles. The molecule has 2 heterocycles. The molecule has 1 unspecified atom stereocenters. The molecule has 2 aromatic rings. The van der Waals surface area contributed by atoms with E-state index in [1.54, 1.807) is 0 Å². The fraction of sp³-hybridized carbons (Fsp3) is 0.429. The van der Waals surface area contributed by atoms with E-state index < -0.39 is 0 Å². The van der Waals surface area contributed by atoms with Crippen LogP contribution < -0.4 is 10.6 Å². The Morgan fingerprint density at radius 2 is 2.33 bits per heavy atom. The summed E-state index contributed by atoms with van der Waals surface area (Å²) in [6.45, 7) is 4.60. The van der Waals surface area contributed by atoms with Crippen molar-refractivity contribution >= 4 is 21.4 Å². The molecular weight excluding hydrogens is 244 g/mol. The van der Waals surface area contributed by atoms with E-state index in [1.165, 1.54) is 15.6 Å². The third kappa shape index (κ3) is 2.72. The highest BCUT2D eigenvalue weighted by Gasteiger charge is 2.12. The average Bonchev–Trinajstić information content (AvgIpc) is 2.84. The molecular formula is C14H18N2OS. The molecule has 96 valence electrons. The lowest BCUT2D eigenvalue weighted by molar-refractivity contribution is 0.0291. The molecule has 4 heteroatoms. The van der Waals surface area contributed by atoms with Gasteiger partial charge in [0.15, 0.2) is 0 Å². The van der Waals surface area contributed by atoms with Gasteiger partial charge in [-0.05, 0) is 22.4 Å². The quantitative estimate of drug-likeness (QED) is 0.884. The van der Waals surface area contributed by atoms with E-state index in [1.807, 2.05) is 11.3 Å². The Morgan fingerprint density at radius 3 is 3.22 bits per heavy atom. The minimum atomic E-state index is 0.309. The van der Waals surface area contributed by atoms with Crippen molar-refractivity contribution in [1.82, 2.24) is 10.6 Å². The predicted molar refractivity (Wildman–Crippen MR) is 76.1 cm³/mol. The van der Waals surface area contributed by atoms with E-state index in [4.69, 9.17) is 4.74 Å². The first-order valence-electron chi connectivity index (χ1n) is 6.41. The highest BCUT2D eigenvalue weighted by atomic mass is 32.1. The molecule has 0 spiro atoms. The molecule has 3 rings (SSSR count). The van der Waals surface area contributed by atoms with E-state index in [2.05, 4.69) is 40.3 Å². The lowest BCUT2D eigenvalue weighted by Crippen LogP contribution is -2.43. The third-order valence-electron chi connectivity index (χ3n) is 3.25. The average molecular weight is 262 g/mol. The molecule has 0 bridgehead atoms. The van der Waals surface area contributed by atoms with Crippen LogP contribution in [0.1, 0.15) is 5.56 Å². The van der Waals surface area contributed by atoms with Gasteiger partial charge in [-0.3, -0.25) is 0 Å². The van der Waals surface area contributed by atoms with Crippen LogP contribution >= 0.6 is 11.3 Å². The first-order chi connectivity index (χ1) is 8.93. The molecule has 1 fully saturated rings. The normalized spacial score (nSPS) is 20.3. The molecule has 1 aliphatic rings.